The monoisotopic (exact) mass is 370 g/mol. The number of oxime groups is 1. The number of carbonyl (C=O) groups excluding carboxylic acids is 1. The summed E-state index contributed by atoms with van der Waals surface area (Å²) in [4.78, 5) is 28.1. The van der Waals surface area contributed by atoms with E-state index in [1.165, 1.54) is 14.2 Å². The number of benzene rings is 2. The Balaban J connectivity index is 2.32. The Kier molecular flexibility index (Phi) is 6.54. The predicted octanol–water partition coefficient (Wildman–Crippen LogP) is 2.68. The molecule has 27 heavy (non-hydrogen) atoms. The quantitative estimate of drug-likeness (QED) is 0.577. The Morgan fingerprint density at radius 1 is 1.11 bits per heavy atom. The largest absolute Gasteiger partial charge is 0.489 e. The van der Waals surface area contributed by atoms with Gasteiger partial charge in [-0.2, -0.15) is 0 Å². The molecule has 142 valence electrons. The van der Waals surface area contributed by atoms with E-state index >= 15 is 0 Å². The lowest BCUT2D eigenvalue weighted by molar-refractivity contribution is -0.114. The molecule has 7 nitrogen and oxygen atoms in total. The van der Waals surface area contributed by atoms with E-state index in [1.807, 2.05) is 12.1 Å². The summed E-state index contributed by atoms with van der Waals surface area (Å²) >= 11 is 0. The van der Waals surface area contributed by atoms with E-state index in [-0.39, 0.29) is 23.8 Å². The third kappa shape index (κ3) is 4.63. The van der Waals surface area contributed by atoms with E-state index in [4.69, 9.17) is 9.57 Å². The molecule has 0 heterocycles. The number of rotatable bonds is 7. The normalized spacial score (nSPS) is 11.0. The Hall–Kier alpha value is -3.35. The van der Waals surface area contributed by atoms with Crippen LogP contribution in [0.3, 0.4) is 0 Å². The van der Waals surface area contributed by atoms with Gasteiger partial charge in [-0.05, 0) is 42.7 Å². The van der Waals surface area contributed by atoms with E-state index in [0.717, 1.165) is 5.56 Å². The van der Waals surface area contributed by atoms with E-state index < -0.39 is 5.97 Å². The van der Waals surface area contributed by atoms with Crippen molar-refractivity contribution in [1.29, 1.82) is 0 Å². The van der Waals surface area contributed by atoms with Crippen LogP contribution in [0.15, 0.2) is 41.6 Å². The Labute approximate surface area is 157 Å². The number of carboxylic acids is 1. The maximum absolute atomic E-state index is 12.1. The van der Waals surface area contributed by atoms with Crippen molar-refractivity contribution in [3.63, 3.8) is 0 Å². The number of carbonyl (C=O) groups is 2. The molecule has 0 unspecified atom stereocenters. The fourth-order valence-corrected chi connectivity index (χ4v) is 2.63. The summed E-state index contributed by atoms with van der Waals surface area (Å²) in [6.07, 6.45) is 0. The van der Waals surface area contributed by atoms with E-state index in [0.29, 0.717) is 22.4 Å². The average Bonchev–Trinajstić information content (AvgIpc) is 2.66. The molecule has 2 rings (SSSR count). The van der Waals surface area contributed by atoms with Crippen LogP contribution in [0.1, 0.15) is 32.6 Å². The third-order valence-electron chi connectivity index (χ3n) is 4.03. The number of hydrogen-bond acceptors (Lipinski definition) is 5. The van der Waals surface area contributed by atoms with Gasteiger partial charge in [0.05, 0.1) is 5.56 Å². The van der Waals surface area contributed by atoms with E-state index in [2.05, 4.69) is 10.5 Å². The third-order valence-corrected chi connectivity index (χ3v) is 4.03. The first-order valence-corrected chi connectivity index (χ1v) is 8.27. The zero-order chi connectivity index (χ0) is 20.0. The second-order valence-electron chi connectivity index (χ2n) is 5.89. The van der Waals surface area contributed by atoms with Crippen LogP contribution in [0, 0.1) is 13.8 Å². The van der Waals surface area contributed by atoms with Gasteiger partial charge < -0.3 is 20.0 Å². The topological polar surface area (TPSA) is 97.2 Å². The second-order valence-corrected chi connectivity index (χ2v) is 5.89. The van der Waals surface area contributed by atoms with Crippen molar-refractivity contribution in [2.45, 2.75) is 20.5 Å². The maximum atomic E-state index is 12.1. The Morgan fingerprint density at radius 2 is 1.81 bits per heavy atom. The van der Waals surface area contributed by atoms with Crippen LogP contribution in [0.4, 0.5) is 0 Å². The van der Waals surface area contributed by atoms with Crippen LogP contribution in [0.2, 0.25) is 0 Å². The van der Waals surface area contributed by atoms with Crippen molar-refractivity contribution in [3.05, 3.63) is 64.2 Å². The van der Waals surface area contributed by atoms with Gasteiger partial charge in [0.2, 0.25) is 0 Å². The van der Waals surface area contributed by atoms with Crippen LogP contribution in [-0.4, -0.2) is 36.9 Å². The van der Waals surface area contributed by atoms with Gasteiger partial charge >= 0.3 is 5.97 Å². The molecule has 0 atom stereocenters. The first-order valence-electron chi connectivity index (χ1n) is 8.27. The van der Waals surface area contributed by atoms with Crippen molar-refractivity contribution in [1.82, 2.24) is 5.32 Å². The highest BCUT2D eigenvalue weighted by Gasteiger charge is 2.18. The molecule has 7 heteroatoms. The SMILES string of the molecule is CNC(=O)C(=NOC)c1ccccc1COc1cc(C)c(C(=O)O)cc1C. The van der Waals surface area contributed by atoms with Gasteiger partial charge in [0.25, 0.3) is 5.91 Å². The second kappa shape index (κ2) is 8.84. The van der Waals surface area contributed by atoms with E-state index in [9.17, 15) is 14.7 Å². The van der Waals surface area contributed by atoms with Crippen LogP contribution >= 0.6 is 0 Å². The van der Waals surface area contributed by atoms with Gasteiger partial charge in [-0.3, -0.25) is 4.79 Å². The molecule has 0 spiro atoms. The predicted molar refractivity (Wildman–Crippen MR) is 101 cm³/mol. The first-order chi connectivity index (χ1) is 12.9. The zero-order valence-electron chi connectivity index (χ0n) is 15.7. The van der Waals surface area contributed by atoms with Crippen LogP contribution < -0.4 is 10.1 Å². The smallest absolute Gasteiger partial charge is 0.335 e. The van der Waals surface area contributed by atoms with E-state index in [1.54, 1.807) is 38.1 Å². The highest BCUT2D eigenvalue weighted by Crippen LogP contribution is 2.24. The maximum Gasteiger partial charge on any atom is 0.335 e. The summed E-state index contributed by atoms with van der Waals surface area (Å²) in [7, 11) is 2.89. The molecular weight excluding hydrogens is 348 g/mol. The Bertz CT molecular complexity index is 890. The fraction of sp³-hybridized carbons (Fsp3) is 0.250. The number of likely N-dealkylation sites (N-methyl/N-ethyl adjacent to an activating group) is 1. The van der Waals surface area contributed by atoms with Gasteiger partial charge in [0.15, 0.2) is 5.71 Å². The molecule has 2 N–H and O–H groups in total. The minimum absolute atomic E-state index is 0.147. The number of hydrogen-bond donors (Lipinski definition) is 2. The summed E-state index contributed by atoms with van der Waals surface area (Å²) in [5.41, 5.74) is 3.06. The fourth-order valence-electron chi connectivity index (χ4n) is 2.63. The minimum Gasteiger partial charge on any atom is -0.489 e. The molecule has 1 amide bonds. The van der Waals surface area contributed by atoms with Gasteiger partial charge in [-0.1, -0.05) is 29.4 Å². The molecule has 0 aromatic heterocycles. The summed E-state index contributed by atoms with van der Waals surface area (Å²) in [6, 6.07) is 10.5. The number of amides is 1. The summed E-state index contributed by atoms with van der Waals surface area (Å²) in [5, 5.41) is 15.6. The summed E-state index contributed by atoms with van der Waals surface area (Å²) in [6.45, 7) is 3.69. The minimum atomic E-state index is -0.974. The number of nitrogens with zero attached hydrogens (tertiary/aromatic N) is 1. The zero-order valence-corrected chi connectivity index (χ0v) is 15.7. The lowest BCUT2D eigenvalue weighted by Gasteiger charge is -2.14. The average molecular weight is 370 g/mol. The molecule has 2 aromatic carbocycles. The number of ether oxygens (including phenoxy) is 1. The van der Waals surface area contributed by atoms with Gasteiger partial charge in [-0.15, -0.1) is 0 Å². The van der Waals surface area contributed by atoms with Crippen molar-refractivity contribution in [2.24, 2.45) is 5.16 Å². The summed E-state index contributed by atoms with van der Waals surface area (Å²) in [5.74, 6) is -0.766. The molecule has 0 aliphatic heterocycles. The van der Waals surface area contributed by atoms with Gasteiger partial charge in [-0.25, -0.2) is 4.79 Å². The number of aromatic carboxylic acids is 1. The molecule has 0 saturated heterocycles. The van der Waals surface area contributed by atoms with Crippen LogP contribution in [0.5, 0.6) is 5.75 Å². The van der Waals surface area contributed by atoms with Gasteiger partial charge in [0.1, 0.15) is 19.5 Å². The molecule has 0 aliphatic rings. The van der Waals surface area contributed by atoms with Crippen molar-refractivity contribution >= 4 is 17.6 Å². The molecule has 0 radical (unpaired) electrons. The first kappa shape index (κ1) is 20.0. The van der Waals surface area contributed by atoms with Crippen LogP contribution in [0.25, 0.3) is 0 Å². The molecule has 0 fully saturated rings. The van der Waals surface area contributed by atoms with Crippen molar-refractivity contribution < 1.29 is 24.3 Å². The standard InChI is InChI=1S/C20H22N2O5/c1-12-10-17(13(2)9-16(12)20(24)25)27-11-14-7-5-6-8-15(14)18(22-26-4)19(23)21-3/h5-10H,11H2,1-4H3,(H,21,23)(H,24,25). The molecule has 0 bridgehead atoms. The van der Waals surface area contributed by atoms with Crippen molar-refractivity contribution in [2.75, 3.05) is 14.2 Å². The highest BCUT2D eigenvalue weighted by atomic mass is 16.6. The summed E-state index contributed by atoms with van der Waals surface area (Å²) < 4.78 is 5.90. The molecular formula is C20H22N2O5. The Morgan fingerprint density at radius 3 is 2.44 bits per heavy atom. The lowest BCUT2D eigenvalue weighted by Crippen LogP contribution is -2.29. The number of aryl methyl sites for hydroxylation is 2. The lowest BCUT2D eigenvalue weighted by atomic mass is 10.0. The molecule has 0 aliphatic carbocycles. The van der Waals surface area contributed by atoms with Crippen LogP contribution in [-0.2, 0) is 16.2 Å². The van der Waals surface area contributed by atoms with Crippen molar-refractivity contribution in [3.8, 4) is 5.75 Å². The number of nitrogens with one attached hydrogen (secondary N) is 1. The molecule has 0 saturated carbocycles. The molecule has 2 aromatic rings. The number of carboxylic acid groups (broad SMARTS) is 1. The van der Waals surface area contributed by atoms with Gasteiger partial charge in [0, 0.05) is 12.6 Å². The highest BCUT2D eigenvalue weighted by molar-refractivity contribution is 6.45.